The summed E-state index contributed by atoms with van der Waals surface area (Å²) in [6, 6.07) is 6.95. The van der Waals surface area contributed by atoms with Gasteiger partial charge in [0.1, 0.15) is 0 Å². The van der Waals surface area contributed by atoms with Gasteiger partial charge in [-0.25, -0.2) is 0 Å². The molecular formula is C18H25N3O2. The van der Waals surface area contributed by atoms with E-state index < -0.39 is 0 Å². The number of rotatable bonds is 5. The average Bonchev–Trinajstić information content (AvgIpc) is 2.58. The maximum Gasteiger partial charge on any atom is 0.269 e. The minimum absolute atomic E-state index is 0.167. The van der Waals surface area contributed by atoms with E-state index in [1.54, 1.807) is 12.1 Å². The largest absolute Gasteiger partial charge is 0.301 e. The Morgan fingerprint density at radius 1 is 1.04 bits per heavy atom. The normalized spacial score (nSPS) is 23.0. The first kappa shape index (κ1) is 16.1. The predicted octanol–water partition coefficient (Wildman–Crippen LogP) is 3.07. The highest BCUT2D eigenvalue weighted by Gasteiger charge is 2.20. The molecule has 0 spiro atoms. The van der Waals surface area contributed by atoms with Gasteiger partial charge in [-0.15, -0.1) is 0 Å². The van der Waals surface area contributed by atoms with Crippen molar-refractivity contribution in [2.75, 3.05) is 32.7 Å². The molecule has 5 nitrogen and oxygen atoms in total. The van der Waals surface area contributed by atoms with Gasteiger partial charge in [0.05, 0.1) is 4.92 Å². The van der Waals surface area contributed by atoms with Crippen LogP contribution >= 0.6 is 0 Å². The summed E-state index contributed by atoms with van der Waals surface area (Å²) in [4.78, 5) is 15.4. The molecule has 1 fully saturated rings. The van der Waals surface area contributed by atoms with E-state index in [1.807, 2.05) is 12.1 Å². The SMILES string of the molecule is O=[N+]([O-])c1ccc(CN2CCN(CC3CC=CCC3)CC2)cc1. The number of nitro groups is 1. The van der Waals surface area contributed by atoms with E-state index in [2.05, 4.69) is 22.0 Å². The van der Waals surface area contributed by atoms with Gasteiger partial charge in [-0.1, -0.05) is 24.3 Å². The van der Waals surface area contributed by atoms with Gasteiger partial charge in [0.25, 0.3) is 5.69 Å². The van der Waals surface area contributed by atoms with Gasteiger partial charge in [0.15, 0.2) is 0 Å². The molecule has 0 bridgehead atoms. The first-order chi connectivity index (χ1) is 11.2. The molecule has 2 aliphatic rings. The standard InChI is InChI=1S/C18H25N3O2/c22-21(23)18-8-6-17(7-9-18)15-20-12-10-19(11-13-20)14-16-4-2-1-3-5-16/h1-2,6-9,16H,3-5,10-15H2. The first-order valence-corrected chi connectivity index (χ1v) is 8.54. The molecule has 0 radical (unpaired) electrons. The number of nitro benzene ring substituents is 1. The second kappa shape index (κ2) is 7.70. The van der Waals surface area contributed by atoms with Crippen LogP contribution < -0.4 is 0 Å². The van der Waals surface area contributed by atoms with E-state index in [1.165, 1.54) is 25.8 Å². The Hall–Kier alpha value is -1.72. The van der Waals surface area contributed by atoms with Crippen LogP contribution in [0.4, 0.5) is 5.69 Å². The zero-order chi connectivity index (χ0) is 16.1. The third-order valence-corrected chi connectivity index (χ3v) is 4.91. The van der Waals surface area contributed by atoms with Crippen LogP contribution in [-0.4, -0.2) is 47.4 Å². The molecule has 1 unspecified atom stereocenters. The second-order valence-electron chi connectivity index (χ2n) is 6.65. The molecule has 0 amide bonds. The summed E-state index contributed by atoms with van der Waals surface area (Å²) in [6.45, 7) is 6.55. The average molecular weight is 315 g/mol. The number of non-ortho nitro benzene ring substituents is 1. The van der Waals surface area contributed by atoms with Crippen molar-refractivity contribution in [3.63, 3.8) is 0 Å². The highest BCUT2D eigenvalue weighted by molar-refractivity contribution is 5.32. The molecule has 0 aromatic heterocycles. The molecule has 1 aliphatic heterocycles. The van der Waals surface area contributed by atoms with Gasteiger partial charge in [-0.3, -0.25) is 15.0 Å². The number of benzene rings is 1. The van der Waals surface area contributed by atoms with Crippen molar-refractivity contribution in [1.29, 1.82) is 0 Å². The highest BCUT2D eigenvalue weighted by Crippen LogP contribution is 2.20. The molecule has 1 aliphatic carbocycles. The maximum atomic E-state index is 10.7. The van der Waals surface area contributed by atoms with Crippen LogP contribution in [0.1, 0.15) is 24.8 Å². The number of allylic oxidation sites excluding steroid dienone is 2. The Labute approximate surface area is 137 Å². The van der Waals surface area contributed by atoms with Crippen LogP contribution in [0.25, 0.3) is 0 Å². The van der Waals surface area contributed by atoms with Gasteiger partial charge in [0, 0.05) is 51.4 Å². The molecule has 23 heavy (non-hydrogen) atoms. The molecular weight excluding hydrogens is 290 g/mol. The minimum Gasteiger partial charge on any atom is -0.301 e. The molecule has 1 aromatic carbocycles. The summed E-state index contributed by atoms with van der Waals surface area (Å²) in [5.41, 5.74) is 1.32. The van der Waals surface area contributed by atoms with Crippen LogP contribution in [0.5, 0.6) is 0 Å². The smallest absolute Gasteiger partial charge is 0.269 e. The Kier molecular flexibility index (Phi) is 5.41. The van der Waals surface area contributed by atoms with Gasteiger partial charge < -0.3 is 4.90 Å². The monoisotopic (exact) mass is 315 g/mol. The summed E-state index contributed by atoms with van der Waals surface area (Å²) >= 11 is 0. The fourth-order valence-corrected chi connectivity index (χ4v) is 3.50. The van der Waals surface area contributed by atoms with Crippen molar-refractivity contribution in [3.8, 4) is 0 Å². The summed E-state index contributed by atoms with van der Waals surface area (Å²) in [5.74, 6) is 0.834. The molecule has 1 saturated heterocycles. The minimum atomic E-state index is -0.344. The summed E-state index contributed by atoms with van der Waals surface area (Å²) in [7, 11) is 0. The Balaban J connectivity index is 1.43. The lowest BCUT2D eigenvalue weighted by Crippen LogP contribution is -2.47. The molecule has 1 heterocycles. The van der Waals surface area contributed by atoms with Crippen molar-refractivity contribution in [2.24, 2.45) is 5.92 Å². The van der Waals surface area contributed by atoms with E-state index in [9.17, 15) is 10.1 Å². The van der Waals surface area contributed by atoms with Crippen molar-refractivity contribution < 1.29 is 4.92 Å². The number of hydrogen-bond donors (Lipinski definition) is 0. The van der Waals surface area contributed by atoms with E-state index in [4.69, 9.17) is 0 Å². The molecule has 5 heteroatoms. The zero-order valence-electron chi connectivity index (χ0n) is 13.6. The zero-order valence-corrected chi connectivity index (χ0v) is 13.6. The van der Waals surface area contributed by atoms with Crippen LogP contribution in [0.2, 0.25) is 0 Å². The van der Waals surface area contributed by atoms with Gasteiger partial charge in [-0.05, 0) is 30.7 Å². The third-order valence-electron chi connectivity index (χ3n) is 4.91. The van der Waals surface area contributed by atoms with Crippen LogP contribution in [0.15, 0.2) is 36.4 Å². The summed E-state index contributed by atoms with van der Waals surface area (Å²) in [6.07, 6.45) is 8.45. The molecule has 0 N–H and O–H groups in total. The van der Waals surface area contributed by atoms with E-state index in [0.717, 1.165) is 44.2 Å². The first-order valence-electron chi connectivity index (χ1n) is 8.54. The lowest BCUT2D eigenvalue weighted by molar-refractivity contribution is -0.384. The van der Waals surface area contributed by atoms with Gasteiger partial charge in [-0.2, -0.15) is 0 Å². The summed E-state index contributed by atoms with van der Waals surface area (Å²) < 4.78 is 0. The van der Waals surface area contributed by atoms with Gasteiger partial charge in [0.2, 0.25) is 0 Å². The number of piperazine rings is 1. The van der Waals surface area contributed by atoms with E-state index in [0.29, 0.717) is 0 Å². The topological polar surface area (TPSA) is 49.6 Å². The van der Waals surface area contributed by atoms with Gasteiger partial charge >= 0.3 is 0 Å². The van der Waals surface area contributed by atoms with Crippen molar-refractivity contribution in [3.05, 3.63) is 52.1 Å². The fraction of sp³-hybridized carbons (Fsp3) is 0.556. The molecule has 124 valence electrons. The van der Waals surface area contributed by atoms with Crippen molar-refractivity contribution in [1.82, 2.24) is 9.80 Å². The van der Waals surface area contributed by atoms with Crippen LogP contribution in [0.3, 0.4) is 0 Å². The highest BCUT2D eigenvalue weighted by atomic mass is 16.6. The quantitative estimate of drug-likeness (QED) is 0.476. The number of nitrogens with zero attached hydrogens (tertiary/aromatic N) is 3. The van der Waals surface area contributed by atoms with Crippen molar-refractivity contribution in [2.45, 2.75) is 25.8 Å². The lowest BCUT2D eigenvalue weighted by atomic mass is 9.94. The third kappa shape index (κ3) is 4.62. The summed E-state index contributed by atoms with van der Waals surface area (Å²) in [5, 5.41) is 10.7. The maximum absolute atomic E-state index is 10.7. The fourth-order valence-electron chi connectivity index (χ4n) is 3.50. The van der Waals surface area contributed by atoms with E-state index >= 15 is 0 Å². The molecule has 1 aromatic rings. The van der Waals surface area contributed by atoms with Crippen LogP contribution in [0, 0.1) is 16.0 Å². The molecule has 3 rings (SSSR count). The molecule has 0 saturated carbocycles. The Morgan fingerprint density at radius 2 is 1.74 bits per heavy atom. The lowest BCUT2D eigenvalue weighted by Gasteiger charge is -2.36. The number of hydrogen-bond acceptors (Lipinski definition) is 4. The molecule has 1 atom stereocenters. The van der Waals surface area contributed by atoms with Crippen LogP contribution in [-0.2, 0) is 6.54 Å². The second-order valence-corrected chi connectivity index (χ2v) is 6.65. The van der Waals surface area contributed by atoms with E-state index in [-0.39, 0.29) is 10.6 Å². The Morgan fingerprint density at radius 3 is 2.35 bits per heavy atom. The predicted molar refractivity (Wildman–Crippen MR) is 91.3 cm³/mol. The Bertz CT molecular complexity index is 548. The van der Waals surface area contributed by atoms with Crippen molar-refractivity contribution >= 4 is 5.69 Å².